The zero-order valence-electron chi connectivity index (χ0n) is 42.9. The van der Waals surface area contributed by atoms with Crippen molar-refractivity contribution in [1.82, 2.24) is 0 Å². The van der Waals surface area contributed by atoms with Crippen LogP contribution in [0, 0.1) is 0 Å². The Morgan fingerprint density at radius 2 is 0.809 bits per heavy atom. The molecule has 1 rings (SSSR count). The minimum atomic E-state index is -5.13. The molecule has 13 nitrogen and oxygen atoms in total. The van der Waals surface area contributed by atoms with Crippen LogP contribution in [0.4, 0.5) is 0 Å². The van der Waals surface area contributed by atoms with Crippen LogP contribution in [0.15, 0.2) is 24.3 Å². The largest absolute Gasteiger partial charge is 0.472 e. The first-order valence-electron chi connectivity index (χ1n) is 27.6. The van der Waals surface area contributed by atoms with Crippen LogP contribution < -0.4 is 0 Å². The van der Waals surface area contributed by atoms with E-state index in [-0.39, 0.29) is 12.8 Å². The molecule has 1 aliphatic rings. The van der Waals surface area contributed by atoms with Gasteiger partial charge in [0.1, 0.15) is 43.2 Å². The summed E-state index contributed by atoms with van der Waals surface area (Å²) in [6, 6.07) is 0. The Morgan fingerprint density at radius 3 is 1.24 bits per heavy atom. The monoisotopic (exact) mass is 989 g/mol. The molecule has 1 aliphatic carbocycles. The highest BCUT2D eigenvalue weighted by Gasteiger charge is 2.51. The van der Waals surface area contributed by atoms with Crippen LogP contribution in [-0.2, 0) is 32.7 Å². The van der Waals surface area contributed by atoms with Crippen molar-refractivity contribution >= 4 is 19.8 Å². The van der Waals surface area contributed by atoms with Crippen LogP contribution in [-0.4, -0.2) is 98.3 Å². The van der Waals surface area contributed by atoms with E-state index in [0.29, 0.717) is 19.3 Å². The number of carbonyl (C=O) groups excluding carboxylic acids is 2. The lowest BCUT2D eigenvalue weighted by Gasteiger charge is -2.41. The number of allylic oxidation sites excluding steroid dienone is 4. The van der Waals surface area contributed by atoms with E-state index >= 15 is 0 Å². The number of ether oxygens (including phenoxy) is 2. The van der Waals surface area contributed by atoms with Crippen molar-refractivity contribution in [2.24, 2.45) is 0 Å². The highest BCUT2D eigenvalue weighted by molar-refractivity contribution is 7.47. The van der Waals surface area contributed by atoms with Gasteiger partial charge in [0.15, 0.2) is 6.10 Å². The summed E-state index contributed by atoms with van der Waals surface area (Å²) in [5.41, 5.74) is 0. The normalized spacial score (nSPS) is 21.1. The zero-order valence-corrected chi connectivity index (χ0v) is 43.8. The molecule has 0 aromatic carbocycles. The van der Waals surface area contributed by atoms with E-state index in [0.717, 1.165) is 32.1 Å². The molecule has 1 saturated carbocycles. The van der Waals surface area contributed by atoms with Gasteiger partial charge in [0.2, 0.25) is 0 Å². The maximum atomic E-state index is 12.9. The first-order chi connectivity index (χ1) is 32.9. The van der Waals surface area contributed by atoms with E-state index in [1.165, 1.54) is 173 Å². The summed E-state index contributed by atoms with van der Waals surface area (Å²) in [6.07, 6.45) is 38.1. The van der Waals surface area contributed by atoms with E-state index in [9.17, 15) is 44.6 Å². The van der Waals surface area contributed by atoms with Crippen molar-refractivity contribution in [1.29, 1.82) is 0 Å². The number of aliphatic hydroxyl groups is 5. The fraction of sp³-hybridized carbons (Fsp3) is 0.889. The maximum absolute atomic E-state index is 12.9. The molecule has 0 saturated heterocycles. The van der Waals surface area contributed by atoms with Gasteiger partial charge in [0.05, 0.1) is 6.61 Å². The molecule has 0 amide bonds. The molecule has 0 aliphatic heterocycles. The highest BCUT2D eigenvalue weighted by atomic mass is 31.2. The number of aliphatic hydroxyl groups excluding tert-OH is 5. The topological polar surface area (TPSA) is 210 Å². The van der Waals surface area contributed by atoms with Gasteiger partial charge in [-0.25, -0.2) is 4.57 Å². The van der Waals surface area contributed by atoms with Gasteiger partial charge in [-0.2, -0.15) is 0 Å². The minimum absolute atomic E-state index is 0.0363. The van der Waals surface area contributed by atoms with Crippen LogP contribution in [0.3, 0.4) is 0 Å². The van der Waals surface area contributed by atoms with Gasteiger partial charge in [0.25, 0.3) is 0 Å². The minimum Gasteiger partial charge on any atom is -0.462 e. The standard InChI is InChI=1S/C54H101O13P/c1-3-5-7-9-11-13-15-17-19-21-22-23-24-25-27-28-30-32-34-36-38-40-42-47(55)64-44-46(45-65-68(62,63)67-54-52(60)50(58)49(57)51(59)53(54)61)66-48(56)43-41-39-37-35-33-31-29-26-20-18-16-14-12-10-8-6-4-2/h29,31,35,37,46,49-54,57-61H,3-28,30,32-34,36,38-45H2,1-2H3,(H,62,63)/b31-29+,37-35+/t46-,49?,50-,51?,52?,53?,54?/m0/s1. The molecular formula is C54H101O13P. The fourth-order valence-electron chi connectivity index (χ4n) is 8.62. The molecular weight excluding hydrogens is 888 g/mol. The third-order valence-electron chi connectivity index (χ3n) is 13.0. The zero-order chi connectivity index (χ0) is 49.9. The number of rotatable bonds is 47. The van der Waals surface area contributed by atoms with E-state index in [1.807, 2.05) is 12.2 Å². The molecule has 14 heteroatoms. The third-order valence-corrected chi connectivity index (χ3v) is 14.0. The van der Waals surface area contributed by atoms with Crippen LogP contribution in [0.25, 0.3) is 0 Å². The van der Waals surface area contributed by atoms with E-state index in [4.69, 9.17) is 18.5 Å². The predicted octanol–water partition coefficient (Wildman–Crippen LogP) is 12.3. The van der Waals surface area contributed by atoms with E-state index in [2.05, 4.69) is 26.0 Å². The van der Waals surface area contributed by atoms with Crippen LogP contribution in [0.2, 0.25) is 0 Å². The average Bonchev–Trinajstić information content (AvgIpc) is 3.32. The molecule has 8 atom stereocenters. The first kappa shape index (κ1) is 64.3. The van der Waals surface area contributed by atoms with Crippen LogP contribution in [0.5, 0.6) is 0 Å². The van der Waals surface area contributed by atoms with Gasteiger partial charge in [-0.1, -0.05) is 224 Å². The fourth-order valence-corrected chi connectivity index (χ4v) is 9.60. The van der Waals surface area contributed by atoms with Gasteiger partial charge < -0.3 is 39.9 Å². The van der Waals surface area contributed by atoms with Crippen LogP contribution >= 0.6 is 7.82 Å². The molecule has 0 aromatic heterocycles. The number of hydrogen-bond donors (Lipinski definition) is 6. The summed E-state index contributed by atoms with van der Waals surface area (Å²) in [4.78, 5) is 35.9. The lowest BCUT2D eigenvalue weighted by molar-refractivity contribution is -0.220. The lowest BCUT2D eigenvalue weighted by atomic mass is 9.85. The Balaban J connectivity index is 2.36. The van der Waals surface area contributed by atoms with Crippen molar-refractivity contribution < 1.29 is 63.1 Å². The highest BCUT2D eigenvalue weighted by Crippen LogP contribution is 2.47. The molecule has 0 heterocycles. The summed E-state index contributed by atoms with van der Waals surface area (Å²) >= 11 is 0. The van der Waals surface area contributed by atoms with Crippen molar-refractivity contribution in [3.05, 3.63) is 24.3 Å². The average molecular weight is 989 g/mol. The van der Waals surface area contributed by atoms with Gasteiger partial charge >= 0.3 is 19.8 Å². The molecule has 1 fully saturated rings. The van der Waals surface area contributed by atoms with E-state index < -0.39 is 75.7 Å². The van der Waals surface area contributed by atoms with Crippen molar-refractivity contribution in [3.63, 3.8) is 0 Å². The second-order valence-corrected chi connectivity index (χ2v) is 20.9. The summed E-state index contributed by atoms with van der Waals surface area (Å²) in [5, 5.41) is 50.3. The van der Waals surface area contributed by atoms with Gasteiger partial charge in [-0.3, -0.25) is 18.6 Å². The summed E-state index contributed by atoms with van der Waals surface area (Å²) < 4.78 is 33.6. The maximum Gasteiger partial charge on any atom is 0.472 e. The second-order valence-electron chi connectivity index (χ2n) is 19.4. The summed E-state index contributed by atoms with van der Waals surface area (Å²) in [5.74, 6) is -1.14. The van der Waals surface area contributed by atoms with E-state index in [1.54, 1.807) is 0 Å². The molecule has 68 heavy (non-hydrogen) atoms. The lowest BCUT2D eigenvalue weighted by Crippen LogP contribution is -2.64. The number of unbranched alkanes of at least 4 members (excludes halogenated alkanes) is 31. The Labute approximate surface area is 413 Å². The second kappa shape index (κ2) is 44.1. The summed E-state index contributed by atoms with van der Waals surface area (Å²) in [6.45, 7) is 3.31. The smallest absolute Gasteiger partial charge is 0.462 e. The van der Waals surface area contributed by atoms with Gasteiger partial charge in [0, 0.05) is 12.8 Å². The Hall–Kier alpha value is -1.67. The number of phosphoric acid groups is 1. The Morgan fingerprint density at radius 1 is 0.456 bits per heavy atom. The number of carbonyl (C=O) groups is 2. The van der Waals surface area contributed by atoms with Gasteiger partial charge in [-0.05, 0) is 38.5 Å². The molecule has 0 aromatic rings. The van der Waals surface area contributed by atoms with Crippen molar-refractivity contribution in [2.75, 3.05) is 13.2 Å². The van der Waals surface area contributed by atoms with Crippen LogP contribution in [0.1, 0.15) is 251 Å². The molecule has 0 spiro atoms. The predicted molar refractivity (Wildman–Crippen MR) is 272 cm³/mol. The first-order valence-corrected chi connectivity index (χ1v) is 29.1. The molecule has 6 N–H and O–H groups in total. The molecule has 400 valence electrons. The molecule has 6 unspecified atom stereocenters. The Kier molecular flexibility index (Phi) is 41.7. The number of hydrogen-bond acceptors (Lipinski definition) is 12. The third kappa shape index (κ3) is 35.4. The summed E-state index contributed by atoms with van der Waals surface area (Å²) in [7, 11) is -5.13. The van der Waals surface area contributed by atoms with Crippen molar-refractivity contribution in [2.45, 2.75) is 294 Å². The van der Waals surface area contributed by atoms with Gasteiger partial charge in [-0.15, -0.1) is 0 Å². The quantitative estimate of drug-likeness (QED) is 0.0145. The SMILES string of the molecule is CCCCCCCCCCC/C=C/C/C=C/CCCC(=O)O[C@@H](COC(=O)CCCCCCCCCCCCCCCCCCCCCCCC)COP(=O)(O)OC1C(O)C(O)C(O)[C@H](O)C1O. The van der Waals surface area contributed by atoms with Crippen molar-refractivity contribution in [3.8, 4) is 0 Å². The molecule has 0 bridgehead atoms. The Bertz CT molecular complexity index is 1280. The molecule has 0 radical (unpaired) electrons. The number of esters is 2. The number of phosphoric ester groups is 1.